The number of benzene rings is 3. The number of hydrogen-bond donors (Lipinski definition) is 0. The van der Waals surface area contributed by atoms with Crippen LogP contribution in [-0.4, -0.2) is 35.7 Å². The lowest BCUT2D eigenvalue weighted by atomic mass is 9.88. The minimum absolute atomic E-state index is 0.189. The molecule has 3 aromatic rings. The van der Waals surface area contributed by atoms with E-state index in [-0.39, 0.29) is 17.9 Å². The van der Waals surface area contributed by atoms with Crippen molar-refractivity contribution in [3.63, 3.8) is 0 Å². The molecule has 0 aliphatic carbocycles. The molecule has 0 saturated carbocycles. The second-order valence-electron chi connectivity index (χ2n) is 8.63. The standard InChI is InChI=1S/C30H32N2O/c1-2-14-28(31-29(25-17-8-4-9-18-25)26-19-10-5-11-20-26)27(23-24-15-6-3-7-16-24)30(33)32-21-12-13-22-32/h2-11,15-20,27-28H,1,12-14,21-23H2/t27-,28+/m1/s1. The normalized spacial score (nSPS) is 15.0. The lowest BCUT2D eigenvalue weighted by Crippen LogP contribution is -2.40. The van der Waals surface area contributed by atoms with Gasteiger partial charge in [0.15, 0.2) is 0 Å². The van der Waals surface area contributed by atoms with Crippen molar-refractivity contribution in [1.82, 2.24) is 4.90 Å². The molecule has 3 nitrogen and oxygen atoms in total. The number of carbonyl (C=O) groups is 1. The monoisotopic (exact) mass is 436 g/mol. The molecule has 0 bridgehead atoms. The maximum Gasteiger partial charge on any atom is 0.228 e. The van der Waals surface area contributed by atoms with E-state index in [1.807, 2.05) is 65.6 Å². The zero-order chi connectivity index (χ0) is 22.9. The number of aliphatic imine (C=N–C) groups is 1. The molecule has 0 unspecified atom stereocenters. The van der Waals surface area contributed by atoms with Crippen molar-refractivity contribution in [3.05, 3.63) is 120 Å². The first kappa shape index (κ1) is 22.7. The van der Waals surface area contributed by atoms with Crippen LogP contribution in [0.4, 0.5) is 0 Å². The van der Waals surface area contributed by atoms with E-state index in [2.05, 4.69) is 43.0 Å². The molecule has 0 N–H and O–H groups in total. The van der Waals surface area contributed by atoms with Gasteiger partial charge in [0.05, 0.1) is 17.7 Å². The zero-order valence-electron chi connectivity index (χ0n) is 19.1. The average molecular weight is 437 g/mol. The largest absolute Gasteiger partial charge is 0.342 e. The highest BCUT2D eigenvalue weighted by Crippen LogP contribution is 2.25. The highest BCUT2D eigenvalue weighted by atomic mass is 16.2. The molecule has 1 saturated heterocycles. The first-order valence-electron chi connectivity index (χ1n) is 11.9. The van der Waals surface area contributed by atoms with Gasteiger partial charge in [-0.1, -0.05) is 97.1 Å². The third kappa shape index (κ3) is 5.87. The summed E-state index contributed by atoms with van der Waals surface area (Å²) in [5, 5.41) is 0. The number of rotatable bonds is 9. The van der Waals surface area contributed by atoms with Crippen LogP contribution in [-0.2, 0) is 11.2 Å². The van der Waals surface area contributed by atoms with E-state index >= 15 is 0 Å². The van der Waals surface area contributed by atoms with Gasteiger partial charge in [-0.15, -0.1) is 6.58 Å². The Balaban J connectivity index is 1.77. The van der Waals surface area contributed by atoms with Crippen molar-refractivity contribution in [3.8, 4) is 0 Å². The molecule has 0 radical (unpaired) electrons. The van der Waals surface area contributed by atoms with Crippen molar-refractivity contribution < 1.29 is 4.79 Å². The van der Waals surface area contributed by atoms with Gasteiger partial charge in [-0.2, -0.15) is 0 Å². The topological polar surface area (TPSA) is 32.7 Å². The van der Waals surface area contributed by atoms with Crippen LogP contribution in [0, 0.1) is 5.92 Å². The summed E-state index contributed by atoms with van der Waals surface area (Å²) < 4.78 is 0. The van der Waals surface area contributed by atoms with Crippen molar-refractivity contribution in [2.24, 2.45) is 10.9 Å². The molecule has 33 heavy (non-hydrogen) atoms. The van der Waals surface area contributed by atoms with Crippen LogP contribution in [0.15, 0.2) is 109 Å². The summed E-state index contributed by atoms with van der Waals surface area (Å²) in [5.74, 6) is -0.0154. The van der Waals surface area contributed by atoms with Gasteiger partial charge in [0, 0.05) is 24.2 Å². The summed E-state index contributed by atoms with van der Waals surface area (Å²) in [6.07, 6.45) is 5.39. The summed E-state index contributed by atoms with van der Waals surface area (Å²) in [6.45, 7) is 5.70. The molecule has 3 heteroatoms. The van der Waals surface area contributed by atoms with Gasteiger partial charge in [-0.3, -0.25) is 9.79 Å². The molecular weight excluding hydrogens is 404 g/mol. The Morgan fingerprint density at radius 1 is 0.848 bits per heavy atom. The number of carbonyl (C=O) groups excluding carboxylic acids is 1. The molecule has 4 rings (SSSR count). The number of amides is 1. The van der Waals surface area contributed by atoms with Crippen molar-refractivity contribution in [2.75, 3.05) is 13.1 Å². The van der Waals surface area contributed by atoms with E-state index in [9.17, 15) is 4.79 Å². The fraction of sp³-hybridized carbons (Fsp3) is 0.267. The molecule has 1 fully saturated rings. The van der Waals surface area contributed by atoms with Gasteiger partial charge in [0.2, 0.25) is 5.91 Å². The minimum Gasteiger partial charge on any atom is -0.342 e. The molecule has 168 valence electrons. The number of hydrogen-bond acceptors (Lipinski definition) is 2. The molecule has 3 aromatic carbocycles. The zero-order valence-corrected chi connectivity index (χ0v) is 19.1. The number of nitrogens with zero attached hydrogens (tertiary/aromatic N) is 2. The van der Waals surface area contributed by atoms with Gasteiger partial charge in [-0.25, -0.2) is 0 Å². The molecule has 2 atom stereocenters. The Morgan fingerprint density at radius 2 is 1.36 bits per heavy atom. The second-order valence-corrected chi connectivity index (χ2v) is 8.63. The first-order valence-corrected chi connectivity index (χ1v) is 11.9. The van der Waals surface area contributed by atoms with E-state index in [1.54, 1.807) is 0 Å². The summed E-state index contributed by atoms with van der Waals surface area (Å²) in [6, 6.07) is 30.6. The third-order valence-electron chi connectivity index (χ3n) is 6.30. The van der Waals surface area contributed by atoms with Gasteiger partial charge >= 0.3 is 0 Å². The fourth-order valence-corrected chi connectivity index (χ4v) is 4.58. The Kier molecular flexibility index (Phi) is 7.86. The predicted octanol–water partition coefficient (Wildman–Crippen LogP) is 5.95. The first-order chi connectivity index (χ1) is 16.3. The minimum atomic E-state index is -0.231. The predicted molar refractivity (Wildman–Crippen MR) is 137 cm³/mol. The summed E-state index contributed by atoms with van der Waals surface area (Å²) in [4.78, 5) is 21.1. The van der Waals surface area contributed by atoms with Crippen molar-refractivity contribution in [2.45, 2.75) is 31.7 Å². The lowest BCUT2D eigenvalue weighted by Gasteiger charge is -2.28. The van der Waals surface area contributed by atoms with Gasteiger partial charge < -0.3 is 4.90 Å². The van der Waals surface area contributed by atoms with Crippen molar-refractivity contribution in [1.29, 1.82) is 0 Å². The lowest BCUT2D eigenvalue weighted by molar-refractivity contribution is -0.135. The van der Waals surface area contributed by atoms with Crippen LogP contribution in [0.1, 0.15) is 36.0 Å². The maximum atomic E-state index is 13.7. The fourth-order valence-electron chi connectivity index (χ4n) is 4.58. The summed E-state index contributed by atoms with van der Waals surface area (Å²) in [5.41, 5.74) is 4.21. The van der Waals surface area contributed by atoms with Crippen LogP contribution < -0.4 is 0 Å². The Labute approximate surface area is 197 Å². The molecule has 1 aliphatic rings. The summed E-state index contributed by atoms with van der Waals surface area (Å²) in [7, 11) is 0. The molecule has 0 spiro atoms. The average Bonchev–Trinajstić information content (AvgIpc) is 3.42. The van der Waals surface area contributed by atoms with Crippen LogP contribution in [0.25, 0.3) is 0 Å². The van der Waals surface area contributed by atoms with Crippen LogP contribution in [0.2, 0.25) is 0 Å². The Hall–Kier alpha value is -3.46. The molecular formula is C30H32N2O. The molecule has 1 amide bonds. The van der Waals surface area contributed by atoms with E-state index < -0.39 is 0 Å². The highest BCUT2D eigenvalue weighted by molar-refractivity contribution is 6.13. The number of likely N-dealkylation sites (tertiary alicyclic amines) is 1. The van der Waals surface area contributed by atoms with E-state index in [0.717, 1.165) is 42.8 Å². The maximum absolute atomic E-state index is 13.7. The summed E-state index contributed by atoms with van der Waals surface area (Å²) >= 11 is 0. The smallest absolute Gasteiger partial charge is 0.228 e. The second kappa shape index (κ2) is 11.4. The van der Waals surface area contributed by atoms with Gasteiger partial charge in [0.25, 0.3) is 0 Å². The molecule has 1 heterocycles. The third-order valence-corrected chi connectivity index (χ3v) is 6.30. The Bertz CT molecular complexity index is 1010. The van der Waals surface area contributed by atoms with Crippen molar-refractivity contribution >= 4 is 11.6 Å². The van der Waals surface area contributed by atoms with Crippen LogP contribution in [0.3, 0.4) is 0 Å². The molecule has 0 aromatic heterocycles. The van der Waals surface area contributed by atoms with Gasteiger partial charge in [-0.05, 0) is 31.2 Å². The van der Waals surface area contributed by atoms with Gasteiger partial charge in [0.1, 0.15) is 0 Å². The van der Waals surface area contributed by atoms with Crippen LogP contribution >= 0.6 is 0 Å². The Morgan fingerprint density at radius 3 is 1.88 bits per heavy atom. The quantitative estimate of drug-likeness (QED) is 0.301. The SMILES string of the molecule is C=CC[C@H](N=C(c1ccccc1)c1ccccc1)[C@@H](Cc1ccccc1)C(=O)N1CCCC1. The molecule has 1 aliphatic heterocycles. The highest BCUT2D eigenvalue weighted by Gasteiger charge is 2.33. The van der Waals surface area contributed by atoms with E-state index in [1.165, 1.54) is 5.56 Å². The van der Waals surface area contributed by atoms with Crippen LogP contribution in [0.5, 0.6) is 0 Å². The van der Waals surface area contributed by atoms with E-state index in [0.29, 0.717) is 12.8 Å². The van der Waals surface area contributed by atoms with E-state index in [4.69, 9.17) is 4.99 Å².